The Kier molecular flexibility index (Phi) is 10.8. The number of nitrogens with one attached hydrogen (secondary N) is 1. The molecule has 3 N–H and O–H groups in total. The monoisotopic (exact) mass is 205 g/mol. The van der Waals surface area contributed by atoms with Crippen LogP contribution in [0.2, 0.25) is 0 Å². The van der Waals surface area contributed by atoms with Gasteiger partial charge in [-0.25, -0.2) is 0 Å². The van der Waals surface area contributed by atoms with Gasteiger partial charge in [-0.05, 0) is 25.3 Å². The third-order valence-electron chi connectivity index (χ3n) is 2.02. The summed E-state index contributed by atoms with van der Waals surface area (Å²) in [6, 6.07) is 0. The Morgan fingerprint density at radius 2 is 2.00 bits per heavy atom. The molecule has 0 spiro atoms. The first-order valence-corrected chi connectivity index (χ1v) is 5.31. The van der Waals surface area contributed by atoms with Crippen LogP contribution in [0.15, 0.2) is 0 Å². The highest BCUT2D eigenvalue weighted by molar-refractivity contribution is 4.53. The molecule has 0 saturated heterocycles. The highest BCUT2D eigenvalue weighted by Gasteiger charge is 1.98. The minimum absolute atomic E-state index is 0.0913. The third kappa shape index (κ3) is 9.92. The zero-order valence-corrected chi connectivity index (χ0v) is 9.04. The summed E-state index contributed by atoms with van der Waals surface area (Å²) in [5.41, 5.74) is 0. The lowest BCUT2D eigenvalue weighted by molar-refractivity contribution is 0.0939. The third-order valence-corrected chi connectivity index (χ3v) is 2.02. The quantitative estimate of drug-likeness (QED) is 0.439. The molecule has 0 aliphatic carbocycles. The maximum absolute atomic E-state index is 8.77. The molecule has 1 unspecified atom stereocenters. The Bertz CT molecular complexity index is 112. The molecule has 14 heavy (non-hydrogen) atoms. The highest BCUT2D eigenvalue weighted by Crippen LogP contribution is 2.02. The predicted molar refractivity (Wildman–Crippen MR) is 56.3 cm³/mol. The summed E-state index contributed by atoms with van der Waals surface area (Å²) in [5, 5.41) is 20.4. The van der Waals surface area contributed by atoms with Gasteiger partial charge in [0.25, 0.3) is 0 Å². The van der Waals surface area contributed by atoms with Crippen LogP contribution in [-0.2, 0) is 4.74 Å². The molecular weight excluding hydrogens is 182 g/mol. The van der Waals surface area contributed by atoms with E-state index >= 15 is 0 Å². The Morgan fingerprint density at radius 1 is 1.21 bits per heavy atom. The topological polar surface area (TPSA) is 61.7 Å². The van der Waals surface area contributed by atoms with Gasteiger partial charge in [0.15, 0.2) is 0 Å². The van der Waals surface area contributed by atoms with Crippen LogP contribution in [0.4, 0.5) is 0 Å². The lowest BCUT2D eigenvalue weighted by atomic mass is 10.1. The first-order chi connectivity index (χ1) is 6.81. The van der Waals surface area contributed by atoms with E-state index in [1.807, 2.05) is 6.92 Å². The zero-order valence-electron chi connectivity index (χ0n) is 9.04. The van der Waals surface area contributed by atoms with Crippen LogP contribution in [0, 0.1) is 5.92 Å². The molecule has 1 atom stereocenters. The summed E-state index contributed by atoms with van der Waals surface area (Å²) < 4.78 is 5.08. The van der Waals surface area contributed by atoms with E-state index in [0.29, 0.717) is 19.1 Å². The normalized spacial score (nSPS) is 13.1. The summed E-state index contributed by atoms with van der Waals surface area (Å²) in [4.78, 5) is 0. The van der Waals surface area contributed by atoms with Crippen molar-refractivity contribution in [3.63, 3.8) is 0 Å². The van der Waals surface area contributed by atoms with Crippen molar-refractivity contribution in [1.82, 2.24) is 5.32 Å². The minimum atomic E-state index is 0.0913. The van der Waals surface area contributed by atoms with Gasteiger partial charge in [0.05, 0.1) is 19.8 Å². The molecule has 0 aliphatic rings. The van der Waals surface area contributed by atoms with Crippen LogP contribution in [0.1, 0.15) is 19.8 Å². The van der Waals surface area contributed by atoms with Crippen LogP contribution >= 0.6 is 0 Å². The Balaban J connectivity index is 2.92. The van der Waals surface area contributed by atoms with Crippen LogP contribution in [0.3, 0.4) is 0 Å². The highest BCUT2D eigenvalue weighted by atomic mass is 16.5. The summed E-state index contributed by atoms with van der Waals surface area (Å²) in [7, 11) is 0. The summed E-state index contributed by atoms with van der Waals surface area (Å²) >= 11 is 0. The fourth-order valence-corrected chi connectivity index (χ4v) is 1.10. The van der Waals surface area contributed by atoms with E-state index in [1.54, 1.807) is 0 Å². The van der Waals surface area contributed by atoms with E-state index in [-0.39, 0.29) is 13.2 Å². The second-order valence-corrected chi connectivity index (χ2v) is 3.52. The van der Waals surface area contributed by atoms with E-state index < -0.39 is 0 Å². The molecule has 0 amide bonds. The van der Waals surface area contributed by atoms with E-state index in [4.69, 9.17) is 14.9 Å². The average molecular weight is 205 g/mol. The van der Waals surface area contributed by atoms with E-state index in [0.717, 1.165) is 25.9 Å². The molecule has 0 aromatic heterocycles. The summed E-state index contributed by atoms with van der Waals surface area (Å²) in [6.45, 7) is 5.28. The Morgan fingerprint density at radius 3 is 2.64 bits per heavy atom. The van der Waals surface area contributed by atoms with Gasteiger partial charge in [0.1, 0.15) is 0 Å². The molecular formula is C10H23NO3. The number of hydrogen-bond donors (Lipinski definition) is 3. The van der Waals surface area contributed by atoms with E-state index in [2.05, 4.69) is 5.32 Å². The second-order valence-electron chi connectivity index (χ2n) is 3.52. The first kappa shape index (κ1) is 13.8. The van der Waals surface area contributed by atoms with Gasteiger partial charge in [-0.15, -0.1) is 0 Å². The van der Waals surface area contributed by atoms with Crippen LogP contribution in [0.25, 0.3) is 0 Å². The Labute approximate surface area is 86.3 Å². The van der Waals surface area contributed by atoms with Crippen LogP contribution < -0.4 is 5.32 Å². The largest absolute Gasteiger partial charge is 0.396 e. The summed E-state index contributed by atoms with van der Waals surface area (Å²) in [5.74, 6) is 0.405. The minimum Gasteiger partial charge on any atom is -0.396 e. The van der Waals surface area contributed by atoms with Crippen molar-refractivity contribution in [3.8, 4) is 0 Å². The molecule has 0 fully saturated rings. The van der Waals surface area contributed by atoms with Crippen molar-refractivity contribution in [2.75, 3.05) is 39.5 Å². The van der Waals surface area contributed by atoms with Crippen molar-refractivity contribution in [3.05, 3.63) is 0 Å². The van der Waals surface area contributed by atoms with Crippen molar-refractivity contribution in [1.29, 1.82) is 0 Å². The summed E-state index contributed by atoms with van der Waals surface area (Å²) in [6.07, 6.45) is 2.14. The van der Waals surface area contributed by atoms with Gasteiger partial charge in [0.2, 0.25) is 0 Å². The number of aliphatic hydroxyl groups excluding tert-OH is 2. The maximum Gasteiger partial charge on any atom is 0.0698 e. The van der Waals surface area contributed by atoms with Crippen molar-refractivity contribution < 1.29 is 14.9 Å². The molecule has 4 heteroatoms. The van der Waals surface area contributed by atoms with Gasteiger partial charge in [-0.3, -0.25) is 0 Å². The molecule has 0 bridgehead atoms. The molecule has 0 aromatic rings. The SMILES string of the molecule is CC(CO)CCCNCCOCCO. The first-order valence-electron chi connectivity index (χ1n) is 5.31. The van der Waals surface area contributed by atoms with E-state index in [9.17, 15) is 0 Å². The number of ether oxygens (including phenoxy) is 1. The molecule has 0 radical (unpaired) electrons. The van der Waals surface area contributed by atoms with Crippen LogP contribution in [0.5, 0.6) is 0 Å². The smallest absolute Gasteiger partial charge is 0.0698 e. The lowest BCUT2D eigenvalue weighted by Gasteiger charge is -2.08. The number of hydrogen-bond acceptors (Lipinski definition) is 4. The maximum atomic E-state index is 8.77. The van der Waals surface area contributed by atoms with Crippen molar-refractivity contribution in [2.45, 2.75) is 19.8 Å². The molecule has 4 nitrogen and oxygen atoms in total. The molecule has 0 aliphatic heterocycles. The fraction of sp³-hybridized carbons (Fsp3) is 1.00. The zero-order chi connectivity index (χ0) is 10.6. The second kappa shape index (κ2) is 10.9. The van der Waals surface area contributed by atoms with Crippen molar-refractivity contribution >= 4 is 0 Å². The number of rotatable bonds is 10. The standard InChI is InChI=1S/C10H23NO3/c1-10(9-13)3-2-4-11-5-7-14-8-6-12/h10-13H,2-9H2,1H3. The van der Waals surface area contributed by atoms with Gasteiger partial charge in [0, 0.05) is 13.2 Å². The van der Waals surface area contributed by atoms with Gasteiger partial charge < -0.3 is 20.3 Å². The molecule has 0 rings (SSSR count). The number of aliphatic hydroxyl groups is 2. The molecule has 0 aromatic carbocycles. The predicted octanol–water partition coefficient (Wildman–Crippen LogP) is -0.00650. The van der Waals surface area contributed by atoms with E-state index in [1.165, 1.54) is 0 Å². The molecule has 0 heterocycles. The fourth-order valence-electron chi connectivity index (χ4n) is 1.10. The lowest BCUT2D eigenvalue weighted by Crippen LogP contribution is -2.22. The Hall–Kier alpha value is -0.160. The molecule has 86 valence electrons. The van der Waals surface area contributed by atoms with Crippen molar-refractivity contribution in [2.24, 2.45) is 5.92 Å². The average Bonchev–Trinajstić information content (AvgIpc) is 2.21. The van der Waals surface area contributed by atoms with Gasteiger partial charge in [-0.1, -0.05) is 6.92 Å². The van der Waals surface area contributed by atoms with Gasteiger partial charge in [-0.2, -0.15) is 0 Å². The van der Waals surface area contributed by atoms with Crippen LogP contribution in [-0.4, -0.2) is 49.7 Å². The molecule has 0 saturated carbocycles. The van der Waals surface area contributed by atoms with Gasteiger partial charge >= 0.3 is 0 Å².